The summed E-state index contributed by atoms with van der Waals surface area (Å²) >= 11 is -2.62. The van der Waals surface area contributed by atoms with Crippen LogP contribution in [0.5, 0.6) is 11.5 Å². The molecule has 1 unspecified atom stereocenters. The first-order valence-corrected chi connectivity index (χ1v) is 10.6. The molecule has 31 heavy (non-hydrogen) atoms. The lowest BCUT2D eigenvalue weighted by molar-refractivity contribution is 0.0951. The molecular weight excluding hydrogens is 418 g/mol. The Labute approximate surface area is 182 Å². The molecule has 1 aromatic heterocycles. The van der Waals surface area contributed by atoms with Crippen LogP contribution in [0.15, 0.2) is 60.9 Å². The predicted molar refractivity (Wildman–Crippen MR) is 115 cm³/mol. The molecule has 1 N–H and O–H groups in total. The molecular formula is C22H20N3O5S-. The van der Waals surface area contributed by atoms with Crippen LogP contribution in [-0.2, 0) is 17.8 Å². The summed E-state index contributed by atoms with van der Waals surface area (Å²) in [6.45, 7) is 2.93. The van der Waals surface area contributed by atoms with Crippen LogP contribution in [-0.4, -0.2) is 32.9 Å². The molecule has 0 saturated heterocycles. The second kappa shape index (κ2) is 9.15. The molecule has 4 rings (SSSR count). The largest absolute Gasteiger partial charge is 0.755 e. The van der Waals surface area contributed by atoms with Crippen molar-refractivity contribution < 1.29 is 23.0 Å². The zero-order valence-corrected chi connectivity index (χ0v) is 17.6. The molecule has 9 heteroatoms. The first-order chi connectivity index (χ1) is 15.0. The standard InChI is InChI=1S/C22H21N3O5S/c1-15-4-5-17(22(26)24-14-16-3-2-8-23-13-16)11-19(15)25(31(27)28)18-6-7-20-21(12-18)30-10-9-29-20/h2-8,11-13H,9-10,14H2,1H3,(H,24,26)(H,27,28)/p-1. The van der Waals surface area contributed by atoms with E-state index in [-0.39, 0.29) is 5.91 Å². The number of fused-ring (bicyclic) bond motifs is 1. The minimum absolute atomic E-state index is 0.315. The van der Waals surface area contributed by atoms with Crippen molar-refractivity contribution in [3.05, 3.63) is 77.6 Å². The average molecular weight is 438 g/mol. The quantitative estimate of drug-likeness (QED) is 0.594. The monoisotopic (exact) mass is 438 g/mol. The summed E-state index contributed by atoms with van der Waals surface area (Å²) in [6, 6.07) is 13.5. The van der Waals surface area contributed by atoms with E-state index in [0.29, 0.717) is 53.8 Å². The molecule has 2 aromatic carbocycles. The number of nitrogens with one attached hydrogen (secondary N) is 1. The Balaban J connectivity index is 1.62. The van der Waals surface area contributed by atoms with Crippen molar-refractivity contribution >= 4 is 28.5 Å². The number of benzene rings is 2. The summed E-state index contributed by atoms with van der Waals surface area (Å²) in [5.74, 6) is 0.720. The van der Waals surface area contributed by atoms with E-state index in [0.717, 1.165) is 9.87 Å². The summed E-state index contributed by atoms with van der Waals surface area (Å²) in [4.78, 5) is 16.7. The highest BCUT2D eigenvalue weighted by atomic mass is 32.2. The van der Waals surface area contributed by atoms with Gasteiger partial charge in [-0.05, 0) is 48.4 Å². The summed E-state index contributed by atoms with van der Waals surface area (Å²) in [7, 11) is 0. The molecule has 8 nitrogen and oxygen atoms in total. The van der Waals surface area contributed by atoms with Crippen LogP contribution in [0, 0.1) is 6.92 Å². The maximum absolute atomic E-state index is 12.7. The number of amides is 1. The van der Waals surface area contributed by atoms with Crippen LogP contribution in [0.25, 0.3) is 0 Å². The summed E-state index contributed by atoms with van der Waals surface area (Å²) in [5, 5.41) is 2.82. The summed E-state index contributed by atoms with van der Waals surface area (Å²) < 4.78 is 36.5. The number of carbonyl (C=O) groups excluding carboxylic acids is 1. The first kappa shape index (κ1) is 20.8. The van der Waals surface area contributed by atoms with Crippen LogP contribution in [0.3, 0.4) is 0 Å². The molecule has 3 aromatic rings. The lowest BCUT2D eigenvalue weighted by atomic mass is 10.1. The zero-order valence-electron chi connectivity index (χ0n) is 16.7. The van der Waals surface area contributed by atoms with Crippen molar-refractivity contribution in [2.24, 2.45) is 0 Å². The van der Waals surface area contributed by atoms with Crippen molar-refractivity contribution in [2.75, 3.05) is 17.5 Å². The second-order valence-electron chi connectivity index (χ2n) is 6.88. The number of aryl methyl sites for hydroxylation is 1. The fourth-order valence-electron chi connectivity index (χ4n) is 3.22. The smallest absolute Gasteiger partial charge is 0.251 e. The molecule has 1 aliphatic heterocycles. The van der Waals surface area contributed by atoms with Gasteiger partial charge in [-0.25, -0.2) is 0 Å². The van der Waals surface area contributed by atoms with Crippen LogP contribution >= 0.6 is 0 Å². The predicted octanol–water partition coefficient (Wildman–Crippen LogP) is 3.02. The Bertz CT molecular complexity index is 1120. The van der Waals surface area contributed by atoms with E-state index in [9.17, 15) is 13.6 Å². The molecule has 0 spiro atoms. The number of ether oxygens (including phenoxy) is 2. The van der Waals surface area contributed by atoms with Crippen molar-refractivity contribution in [3.63, 3.8) is 0 Å². The fraction of sp³-hybridized carbons (Fsp3) is 0.182. The average Bonchev–Trinajstić information content (AvgIpc) is 2.79. The van der Waals surface area contributed by atoms with Gasteiger partial charge in [-0.2, -0.15) is 0 Å². The molecule has 1 amide bonds. The molecule has 0 saturated carbocycles. The van der Waals surface area contributed by atoms with Crippen molar-refractivity contribution in [1.29, 1.82) is 0 Å². The van der Waals surface area contributed by atoms with E-state index < -0.39 is 11.3 Å². The highest BCUT2D eigenvalue weighted by Crippen LogP contribution is 2.38. The van der Waals surface area contributed by atoms with Gasteiger partial charge in [0.1, 0.15) is 13.2 Å². The molecule has 0 radical (unpaired) electrons. The lowest BCUT2D eigenvalue weighted by Gasteiger charge is -2.29. The van der Waals surface area contributed by atoms with Gasteiger partial charge < -0.3 is 19.3 Å². The number of hydrogen-bond donors (Lipinski definition) is 1. The van der Waals surface area contributed by atoms with E-state index >= 15 is 0 Å². The number of aromatic nitrogens is 1. The van der Waals surface area contributed by atoms with E-state index in [1.807, 2.05) is 6.07 Å². The highest BCUT2D eigenvalue weighted by molar-refractivity contribution is 7.81. The molecule has 160 valence electrons. The van der Waals surface area contributed by atoms with Crippen LogP contribution in [0.1, 0.15) is 21.5 Å². The van der Waals surface area contributed by atoms with Gasteiger partial charge in [0.25, 0.3) is 5.91 Å². The maximum atomic E-state index is 12.7. The maximum Gasteiger partial charge on any atom is 0.251 e. The highest BCUT2D eigenvalue weighted by Gasteiger charge is 2.19. The molecule has 1 atom stereocenters. The first-order valence-electron chi connectivity index (χ1n) is 9.60. The van der Waals surface area contributed by atoms with Crippen molar-refractivity contribution in [2.45, 2.75) is 13.5 Å². The van der Waals surface area contributed by atoms with Crippen LogP contribution in [0.2, 0.25) is 0 Å². The van der Waals surface area contributed by atoms with Gasteiger partial charge in [0, 0.05) is 30.6 Å². The summed E-state index contributed by atoms with van der Waals surface area (Å²) in [5.41, 5.74) is 2.66. The van der Waals surface area contributed by atoms with Crippen LogP contribution < -0.4 is 19.1 Å². The van der Waals surface area contributed by atoms with Gasteiger partial charge in [0.2, 0.25) is 0 Å². The Morgan fingerprint density at radius 2 is 1.97 bits per heavy atom. The Kier molecular flexibility index (Phi) is 6.15. The number of nitrogens with zero attached hydrogens (tertiary/aromatic N) is 2. The second-order valence-corrected chi connectivity index (χ2v) is 7.68. The van der Waals surface area contributed by atoms with Gasteiger partial charge in [-0.3, -0.25) is 18.3 Å². The van der Waals surface area contributed by atoms with Crippen LogP contribution in [0.4, 0.5) is 11.4 Å². The van der Waals surface area contributed by atoms with Gasteiger partial charge in [0.15, 0.2) is 11.5 Å². The van der Waals surface area contributed by atoms with E-state index in [4.69, 9.17) is 9.47 Å². The number of pyridine rings is 1. The Morgan fingerprint density at radius 3 is 2.71 bits per heavy atom. The van der Waals surface area contributed by atoms with Gasteiger partial charge >= 0.3 is 0 Å². The normalized spacial score (nSPS) is 13.4. The van der Waals surface area contributed by atoms with Crippen molar-refractivity contribution in [3.8, 4) is 11.5 Å². The Hall–Kier alpha value is -3.43. The summed E-state index contributed by atoms with van der Waals surface area (Å²) in [6.07, 6.45) is 3.33. The fourth-order valence-corrected chi connectivity index (χ4v) is 3.86. The SMILES string of the molecule is Cc1ccc(C(=O)NCc2cccnc2)cc1N(c1ccc2c(c1)OCCO2)S(=O)[O-]. The number of hydrogen-bond acceptors (Lipinski definition) is 6. The molecule has 2 heterocycles. The third-order valence-corrected chi connectivity index (χ3v) is 5.48. The van der Waals surface area contributed by atoms with E-state index in [2.05, 4.69) is 10.3 Å². The minimum Gasteiger partial charge on any atom is -0.755 e. The van der Waals surface area contributed by atoms with Gasteiger partial charge in [-0.1, -0.05) is 12.1 Å². The molecule has 1 aliphatic rings. The minimum atomic E-state index is -2.62. The number of rotatable bonds is 6. The van der Waals surface area contributed by atoms with E-state index in [1.165, 1.54) is 0 Å². The van der Waals surface area contributed by atoms with E-state index in [1.54, 1.807) is 61.8 Å². The third-order valence-electron chi connectivity index (χ3n) is 4.78. The lowest BCUT2D eigenvalue weighted by Crippen LogP contribution is -2.25. The van der Waals surface area contributed by atoms with Gasteiger partial charge in [0.05, 0.1) is 22.6 Å². The number of anilines is 2. The molecule has 0 bridgehead atoms. The van der Waals surface area contributed by atoms with Crippen molar-refractivity contribution in [1.82, 2.24) is 10.3 Å². The van der Waals surface area contributed by atoms with Gasteiger partial charge in [-0.15, -0.1) is 0 Å². The molecule has 0 fully saturated rings. The molecule has 0 aliphatic carbocycles. The number of carbonyl (C=O) groups is 1. The zero-order chi connectivity index (χ0) is 21.8. The Morgan fingerprint density at radius 1 is 1.16 bits per heavy atom. The topological polar surface area (TPSA) is 104 Å². The third kappa shape index (κ3) is 4.68.